The maximum atomic E-state index is 12.1. The lowest BCUT2D eigenvalue weighted by atomic mass is 10.1. The topological polar surface area (TPSA) is 49.9 Å². The van der Waals surface area contributed by atoms with Crippen LogP contribution >= 0.6 is 0 Å². The van der Waals surface area contributed by atoms with Crippen LogP contribution in [0.1, 0.15) is 26.2 Å². The Morgan fingerprint density at radius 2 is 1.88 bits per heavy atom. The van der Waals surface area contributed by atoms with Gasteiger partial charge in [-0.2, -0.15) is 0 Å². The minimum absolute atomic E-state index is 0.108. The van der Waals surface area contributed by atoms with E-state index in [1.807, 2.05) is 11.8 Å². The first-order valence-electron chi connectivity index (χ1n) is 6.12. The highest BCUT2D eigenvalue weighted by Crippen LogP contribution is 2.11. The Morgan fingerprint density at radius 1 is 1.29 bits per heavy atom. The number of nitrogens with zero attached hydrogens (tertiary/aromatic N) is 2. The number of likely N-dealkylation sites (N-methyl/N-ethyl adjacent to an activating group) is 1. The number of carbonyl (C=O) groups excluding carboxylic acids is 2. The maximum Gasteiger partial charge on any atom is 0.319 e. The summed E-state index contributed by atoms with van der Waals surface area (Å²) in [6.45, 7) is 3.67. The number of esters is 1. The van der Waals surface area contributed by atoms with Crippen LogP contribution in [0, 0.1) is 0 Å². The summed E-state index contributed by atoms with van der Waals surface area (Å²) in [7, 11) is 3.12. The van der Waals surface area contributed by atoms with Gasteiger partial charge in [0.1, 0.15) is 0 Å². The third kappa shape index (κ3) is 4.00. The number of methoxy groups -OCH3 is 1. The van der Waals surface area contributed by atoms with E-state index in [2.05, 4.69) is 4.74 Å². The number of piperidine rings is 1. The van der Waals surface area contributed by atoms with Crippen molar-refractivity contribution in [2.24, 2.45) is 0 Å². The smallest absolute Gasteiger partial charge is 0.319 e. The first-order valence-corrected chi connectivity index (χ1v) is 6.12. The zero-order chi connectivity index (χ0) is 12.8. The van der Waals surface area contributed by atoms with E-state index in [1.54, 1.807) is 11.9 Å². The van der Waals surface area contributed by atoms with E-state index in [0.717, 1.165) is 25.9 Å². The summed E-state index contributed by atoms with van der Waals surface area (Å²) < 4.78 is 4.59. The average Bonchev–Trinajstić information content (AvgIpc) is 2.37. The summed E-state index contributed by atoms with van der Waals surface area (Å²) in [5.74, 6) is -0.207. The summed E-state index contributed by atoms with van der Waals surface area (Å²) >= 11 is 0. The molecule has 1 heterocycles. The maximum absolute atomic E-state index is 12.1. The predicted octanol–water partition coefficient (Wildman–Crippen LogP) is 0.492. The van der Waals surface area contributed by atoms with Crippen LogP contribution in [0.3, 0.4) is 0 Å². The Labute approximate surface area is 103 Å². The average molecular weight is 242 g/mol. The van der Waals surface area contributed by atoms with Crippen LogP contribution in [0.25, 0.3) is 0 Å². The second-order valence-corrected chi connectivity index (χ2v) is 4.55. The van der Waals surface area contributed by atoms with Crippen LogP contribution in [-0.2, 0) is 14.3 Å². The van der Waals surface area contributed by atoms with Crippen molar-refractivity contribution in [1.29, 1.82) is 0 Å². The fourth-order valence-corrected chi connectivity index (χ4v) is 1.97. The molecule has 0 saturated carbocycles. The van der Waals surface area contributed by atoms with Crippen LogP contribution in [0.5, 0.6) is 0 Å². The number of carbonyl (C=O) groups is 2. The highest BCUT2D eigenvalue weighted by atomic mass is 16.5. The Hall–Kier alpha value is -1.10. The van der Waals surface area contributed by atoms with Crippen LogP contribution in [0.15, 0.2) is 0 Å². The Kier molecular flexibility index (Phi) is 5.41. The molecule has 1 amide bonds. The molecule has 1 saturated heterocycles. The first kappa shape index (κ1) is 14.0. The van der Waals surface area contributed by atoms with Crippen LogP contribution < -0.4 is 0 Å². The predicted molar refractivity (Wildman–Crippen MR) is 64.5 cm³/mol. The Morgan fingerprint density at radius 3 is 2.41 bits per heavy atom. The molecule has 0 spiro atoms. The van der Waals surface area contributed by atoms with Crippen molar-refractivity contribution in [3.63, 3.8) is 0 Å². The molecule has 0 aromatic carbocycles. The summed E-state index contributed by atoms with van der Waals surface area (Å²) in [6, 6.07) is -0.271. The molecule has 5 nitrogen and oxygen atoms in total. The molecule has 0 N–H and O–H groups in total. The van der Waals surface area contributed by atoms with Gasteiger partial charge in [-0.1, -0.05) is 0 Å². The van der Waals surface area contributed by atoms with Gasteiger partial charge >= 0.3 is 5.97 Å². The standard InChI is InChI=1S/C12H22N2O3/c1-10(13(2)9-11(15)17-3)12(16)14-7-5-4-6-8-14/h10H,4-9H2,1-3H3. The van der Waals surface area contributed by atoms with Gasteiger partial charge in [0.15, 0.2) is 0 Å². The highest BCUT2D eigenvalue weighted by Gasteiger charge is 2.25. The van der Waals surface area contributed by atoms with Gasteiger partial charge in [-0.25, -0.2) is 0 Å². The van der Waals surface area contributed by atoms with Gasteiger partial charge in [-0.3, -0.25) is 14.5 Å². The molecule has 1 aliphatic heterocycles. The molecule has 1 unspecified atom stereocenters. The summed E-state index contributed by atoms with van der Waals surface area (Å²) in [6.07, 6.45) is 3.37. The lowest BCUT2D eigenvalue weighted by Crippen LogP contribution is -2.48. The Bertz CT molecular complexity index is 275. The van der Waals surface area contributed by atoms with Gasteiger partial charge in [0.2, 0.25) is 5.91 Å². The van der Waals surface area contributed by atoms with Crippen molar-refractivity contribution >= 4 is 11.9 Å². The zero-order valence-corrected chi connectivity index (χ0v) is 10.9. The highest BCUT2D eigenvalue weighted by molar-refractivity contribution is 5.82. The molecule has 1 aliphatic rings. The van der Waals surface area contributed by atoms with Crippen molar-refractivity contribution < 1.29 is 14.3 Å². The lowest BCUT2D eigenvalue weighted by Gasteiger charge is -2.32. The number of amides is 1. The first-order chi connectivity index (χ1) is 8.06. The summed E-state index contributed by atoms with van der Waals surface area (Å²) in [4.78, 5) is 26.9. The van der Waals surface area contributed by atoms with Gasteiger partial charge in [-0.05, 0) is 33.2 Å². The number of ether oxygens (including phenoxy) is 1. The van der Waals surface area contributed by atoms with E-state index in [9.17, 15) is 9.59 Å². The normalized spacial score (nSPS) is 18.0. The molecule has 0 aromatic rings. The number of hydrogen-bond acceptors (Lipinski definition) is 4. The summed E-state index contributed by atoms with van der Waals surface area (Å²) in [5.41, 5.74) is 0. The molecule has 1 rings (SSSR count). The van der Waals surface area contributed by atoms with Crippen LogP contribution in [-0.4, -0.2) is 61.5 Å². The quantitative estimate of drug-likeness (QED) is 0.673. The fraction of sp³-hybridized carbons (Fsp3) is 0.833. The fourth-order valence-electron chi connectivity index (χ4n) is 1.97. The third-order valence-corrected chi connectivity index (χ3v) is 3.29. The van der Waals surface area contributed by atoms with Crippen molar-refractivity contribution in [1.82, 2.24) is 9.80 Å². The van der Waals surface area contributed by atoms with E-state index >= 15 is 0 Å². The molecule has 1 fully saturated rings. The molecule has 17 heavy (non-hydrogen) atoms. The minimum Gasteiger partial charge on any atom is -0.468 e. The third-order valence-electron chi connectivity index (χ3n) is 3.29. The number of rotatable bonds is 4. The van der Waals surface area contributed by atoms with Crippen molar-refractivity contribution in [3.8, 4) is 0 Å². The Balaban J connectivity index is 2.46. The SMILES string of the molecule is COC(=O)CN(C)C(C)C(=O)N1CCCCC1. The molecule has 5 heteroatoms. The van der Waals surface area contributed by atoms with Crippen LogP contribution in [0.2, 0.25) is 0 Å². The van der Waals surface area contributed by atoms with Crippen molar-refractivity contribution in [2.45, 2.75) is 32.2 Å². The second-order valence-electron chi connectivity index (χ2n) is 4.55. The van der Waals surface area contributed by atoms with E-state index < -0.39 is 0 Å². The van der Waals surface area contributed by atoms with Crippen LogP contribution in [0.4, 0.5) is 0 Å². The molecule has 0 aliphatic carbocycles. The van der Waals surface area contributed by atoms with Gasteiger partial charge in [-0.15, -0.1) is 0 Å². The van der Waals surface area contributed by atoms with E-state index in [0.29, 0.717) is 0 Å². The molecular formula is C12H22N2O3. The van der Waals surface area contributed by atoms with Gasteiger partial charge in [0, 0.05) is 13.1 Å². The molecule has 0 bridgehead atoms. The lowest BCUT2D eigenvalue weighted by molar-refractivity contribution is -0.144. The zero-order valence-electron chi connectivity index (χ0n) is 10.9. The van der Waals surface area contributed by atoms with Gasteiger partial charge in [0.25, 0.3) is 0 Å². The van der Waals surface area contributed by atoms with E-state index in [1.165, 1.54) is 13.5 Å². The molecule has 1 atom stereocenters. The summed E-state index contributed by atoms with van der Waals surface area (Å²) in [5, 5.41) is 0. The molecule has 98 valence electrons. The number of likely N-dealkylation sites (tertiary alicyclic amines) is 1. The van der Waals surface area contributed by atoms with Gasteiger partial charge in [0.05, 0.1) is 19.7 Å². The molecule has 0 aromatic heterocycles. The monoisotopic (exact) mass is 242 g/mol. The second kappa shape index (κ2) is 6.59. The largest absolute Gasteiger partial charge is 0.468 e. The van der Waals surface area contributed by atoms with Gasteiger partial charge < -0.3 is 9.64 Å². The number of hydrogen-bond donors (Lipinski definition) is 0. The minimum atomic E-state index is -0.314. The molecular weight excluding hydrogens is 220 g/mol. The van der Waals surface area contributed by atoms with E-state index in [4.69, 9.17) is 0 Å². The molecule has 0 radical (unpaired) electrons. The van der Waals surface area contributed by atoms with Crippen molar-refractivity contribution in [2.75, 3.05) is 33.8 Å². The van der Waals surface area contributed by atoms with E-state index in [-0.39, 0.29) is 24.5 Å². The van der Waals surface area contributed by atoms with Crippen molar-refractivity contribution in [3.05, 3.63) is 0 Å².